The molecule has 8 aliphatic rings. The predicted octanol–water partition coefficient (Wildman–Crippen LogP) is 7.75. The van der Waals surface area contributed by atoms with E-state index in [1.54, 1.807) is 35.6 Å². The molecule has 8 aromatic rings. The number of nitrogens with zero attached hydrogens (tertiary/aromatic N) is 17. The van der Waals surface area contributed by atoms with Crippen molar-refractivity contribution in [3.8, 4) is 58.3 Å². The van der Waals surface area contributed by atoms with Crippen LogP contribution in [0.1, 0.15) is 48.9 Å². The molecular formula is C61H61BrN18O2. The van der Waals surface area contributed by atoms with Gasteiger partial charge >= 0.3 is 0 Å². The molecular weight excluding hydrogens is 1100 g/mol. The molecule has 0 amide bonds. The van der Waals surface area contributed by atoms with E-state index in [9.17, 15) is 15.8 Å². The molecule has 82 heavy (non-hydrogen) atoms. The van der Waals surface area contributed by atoms with Crippen molar-refractivity contribution in [2.75, 3.05) is 81.3 Å². The summed E-state index contributed by atoms with van der Waals surface area (Å²) in [5.41, 5.74) is 9.45. The fourth-order valence-electron chi connectivity index (χ4n) is 12.2. The average Bonchev–Trinajstić information content (AvgIpc) is 4.28. The number of halogens is 1. The number of fused-ring (bicyclic) bond motifs is 6. The van der Waals surface area contributed by atoms with E-state index in [-0.39, 0.29) is 11.3 Å². The summed E-state index contributed by atoms with van der Waals surface area (Å²) in [6, 6.07) is 31.7. The Labute approximate surface area is 484 Å². The smallest absolute Gasteiger partial charge is 0.212 e. The Kier molecular flexibility index (Phi) is 14.9. The number of methoxy groups -OCH3 is 2. The summed E-state index contributed by atoms with van der Waals surface area (Å²) in [5, 5.41) is 48.9. The number of ether oxygens (including phenoxy) is 2. The molecule has 8 aliphatic heterocycles. The zero-order chi connectivity index (χ0) is 56.6. The van der Waals surface area contributed by atoms with E-state index < -0.39 is 0 Å². The molecule has 16 heterocycles. The Morgan fingerprint density at radius 2 is 1.13 bits per heavy atom. The maximum absolute atomic E-state index is 9.73. The largest absolute Gasteiger partial charge is 0.481 e. The van der Waals surface area contributed by atoms with E-state index in [2.05, 4.69) is 133 Å². The Hall–Kier alpha value is -8.70. The molecule has 0 aromatic carbocycles. The van der Waals surface area contributed by atoms with Gasteiger partial charge in [0.2, 0.25) is 11.8 Å². The maximum atomic E-state index is 9.73. The highest BCUT2D eigenvalue weighted by molar-refractivity contribution is 9.10. The topological polar surface area (TPSA) is 228 Å². The van der Waals surface area contributed by atoms with Crippen molar-refractivity contribution in [2.45, 2.75) is 63.9 Å². The van der Waals surface area contributed by atoms with E-state index >= 15 is 0 Å². The fourth-order valence-corrected chi connectivity index (χ4v) is 12.6. The molecule has 20 nitrogen and oxygen atoms in total. The number of hydrogen-bond donors (Lipinski definition) is 1. The summed E-state index contributed by atoms with van der Waals surface area (Å²) in [4.78, 5) is 30.4. The number of piperazine rings is 2. The van der Waals surface area contributed by atoms with Crippen molar-refractivity contribution in [1.29, 1.82) is 21.0 Å². The van der Waals surface area contributed by atoms with Crippen LogP contribution < -0.4 is 29.5 Å². The second kappa shape index (κ2) is 22.7. The van der Waals surface area contributed by atoms with Crippen LogP contribution in [0.15, 0.2) is 115 Å². The Morgan fingerprint density at radius 1 is 0.634 bits per heavy atom. The van der Waals surface area contributed by atoms with Gasteiger partial charge in [0.25, 0.3) is 0 Å². The lowest BCUT2D eigenvalue weighted by Crippen LogP contribution is -2.68. The molecule has 8 fully saturated rings. The number of pyridine rings is 6. The maximum Gasteiger partial charge on any atom is 0.212 e. The molecule has 16 rings (SSSR count). The second-order valence-corrected chi connectivity index (χ2v) is 23.4. The first kappa shape index (κ1) is 53.9. The Morgan fingerprint density at radius 3 is 1.52 bits per heavy atom. The normalized spacial score (nSPS) is 20.8. The van der Waals surface area contributed by atoms with E-state index in [4.69, 9.17) is 24.7 Å². The van der Waals surface area contributed by atoms with E-state index in [1.807, 2.05) is 69.2 Å². The molecule has 8 aromatic heterocycles. The first-order valence-corrected chi connectivity index (χ1v) is 28.4. The molecule has 0 spiro atoms. The van der Waals surface area contributed by atoms with Gasteiger partial charge in [-0.25, -0.2) is 29.0 Å². The van der Waals surface area contributed by atoms with E-state index in [0.29, 0.717) is 66.1 Å². The van der Waals surface area contributed by atoms with Crippen LogP contribution in [0.2, 0.25) is 0 Å². The second-order valence-electron chi connectivity index (χ2n) is 22.4. The quantitative estimate of drug-likeness (QED) is 0.123. The first-order chi connectivity index (χ1) is 39.9. The summed E-state index contributed by atoms with van der Waals surface area (Å²) >= 11 is 3.55. The molecule has 1 N–H and O–H groups in total. The third-order valence-corrected chi connectivity index (χ3v) is 17.5. The van der Waals surface area contributed by atoms with E-state index in [0.717, 1.165) is 107 Å². The van der Waals surface area contributed by atoms with Gasteiger partial charge in [0, 0.05) is 165 Å². The van der Waals surface area contributed by atoms with Crippen molar-refractivity contribution < 1.29 is 9.47 Å². The molecule has 21 heteroatoms. The van der Waals surface area contributed by atoms with Crippen molar-refractivity contribution >= 4 is 44.3 Å². The lowest BCUT2D eigenvalue weighted by molar-refractivity contribution is -0.00879. The number of aromatic nitrogens is 8. The summed E-state index contributed by atoms with van der Waals surface area (Å²) in [5.74, 6) is 4.12. The van der Waals surface area contributed by atoms with Gasteiger partial charge in [-0.3, -0.25) is 9.80 Å². The number of anilines is 3. The highest BCUT2D eigenvalue weighted by Crippen LogP contribution is 2.40. The van der Waals surface area contributed by atoms with E-state index in [1.165, 1.54) is 24.0 Å². The van der Waals surface area contributed by atoms with Crippen molar-refractivity contribution in [2.24, 2.45) is 17.3 Å². The van der Waals surface area contributed by atoms with Crippen molar-refractivity contribution in [1.82, 2.24) is 54.3 Å². The van der Waals surface area contributed by atoms with Gasteiger partial charge < -0.3 is 29.5 Å². The third-order valence-electron chi connectivity index (χ3n) is 17.1. The van der Waals surface area contributed by atoms with Crippen LogP contribution >= 0.6 is 15.9 Å². The van der Waals surface area contributed by atoms with Crippen LogP contribution in [0.3, 0.4) is 0 Å². The van der Waals surface area contributed by atoms with Crippen LogP contribution in [0.4, 0.5) is 17.3 Å². The van der Waals surface area contributed by atoms with Crippen LogP contribution in [0.5, 0.6) is 11.8 Å². The number of nitrogens with one attached hydrogen (secondary N) is 1. The van der Waals surface area contributed by atoms with Gasteiger partial charge in [-0.2, -0.15) is 31.2 Å². The fraction of sp³-hybridized carbons (Fsp3) is 0.377. The Balaban J connectivity index is 0.000000144. The first-order valence-electron chi connectivity index (χ1n) is 27.6. The Bertz CT molecular complexity index is 3770. The summed E-state index contributed by atoms with van der Waals surface area (Å²) < 4.78 is 14.7. The minimum atomic E-state index is -0.337. The zero-order valence-corrected chi connectivity index (χ0v) is 47.7. The van der Waals surface area contributed by atoms with Gasteiger partial charge in [0.15, 0.2) is 0 Å². The highest BCUT2D eigenvalue weighted by Gasteiger charge is 2.46. The lowest BCUT2D eigenvalue weighted by Gasteiger charge is -2.56. The number of hydrogen-bond acceptors (Lipinski definition) is 18. The number of piperidine rings is 2. The standard InChI is InChI=1S/C30H29N9O.C25H22BrN7O.C6H10N2/c1-30(17-32)18-37(19-30)23-8-26(29-22(9-31)12-35-39(29)16-23)21-4-5-27(33-11-21)36-14-24-7-25(15-36)38(24)13-20-3-6-28(40-2)34-10-20;1-34-24-5-2-16(9-29-24)12-32-20-7-21(32)15-31(14-20)23-4-3-17(10-28-23)22-6-19(26)13-33-25(22)18(8-27)11-30-33;1-5(2-7)6-3-8-4-6/h3-6,8,10-12,16,24-25H,7,13-15,18-19H2,1-2H3;2-6,9-11,13,20-21H,7,12,14-15H2,1H3;5-6,8H,3-4H2,1H3. The molecule has 4 bridgehead atoms. The molecule has 0 aliphatic carbocycles. The SMILES string of the molecule is CC(C#N)C1CNC1.COc1ccc(CN2C3CC2CN(c2ccc(-c4cc(Br)cn5ncc(C#N)c45)cn2)C3)cn1.COc1ccc(CN2C3CC2CN(c2ccc(-c4cc(N5CC(C)(C#N)C5)cn5ncc(C#N)c45)cn2)C3)cn1. The molecule has 0 radical (unpaired) electrons. The predicted molar refractivity (Wildman–Crippen MR) is 313 cm³/mol. The molecule has 8 saturated heterocycles. The summed E-state index contributed by atoms with van der Waals surface area (Å²) in [6.45, 7) is 13.0. The van der Waals surface area contributed by atoms with Crippen LogP contribution in [-0.4, -0.2) is 140 Å². The minimum Gasteiger partial charge on any atom is -0.481 e. The number of rotatable bonds is 12. The monoisotopic (exact) mass is 1160 g/mol. The zero-order valence-electron chi connectivity index (χ0n) is 46.1. The molecule has 414 valence electrons. The van der Waals surface area contributed by atoms with Gasteiger partial charge in [0.1, 0.15) is 23.8 Å². The minimum absolute atomic E-state index is 0.247. The number of nitriles is 4. The lowest BCUT2D eigenvalue weighted by atomic mass is 9.83. The molecule has 5 atom stereocenters. The van der Waals surface area contributed by atoms with Gasteiger partial charge in [0.05, 0.1) is 78.2 Å². The molecule has 5 unspecified atom stereocenters. The van der Waals surface area contributed by atoms with Crippen LogP contribution in [0.25, 0.3) is 33.3 Å². The van der Waals surface area contributed by atoms with Crippen LogP contribution in [-0.2, 0) is 13.1 Å². The van der Waals surface area contributed by atoms with Gasteiger partial charge in [-0.15, -0.1) is 0 Å². The van der Waals surface area contributed by atoms with Crippen molar-refractivity contribution in [3.05, 3.63) is 137 Å². The summed E-state index contributed by atoms with van der Waals surface area (Å²) in [6.07, 6.45) is 17.0. The van der Waals surface area contributed by atoms with Crippen LogP contribution in [0, 0.1) is 62.6 Å². The highest BCUT2D eigenvalue weighted by atomic mass is 79.9. The van der Waals surface area contributed by atoms with Crippen molar-refractivity contribution in [3.63, 3.8) is 0 Å². The average molecular weight is 1160 g/mol. The van der Waals surface area contributed by atoms with Gasteiger partial charge in [-0.05, 0) is 96.1 Å². The summed E-state index contributed by atoms with van der Waals surface area (Å²) in [7, 11) is 3.27. The third kappa shape index (κ3) is 10.6. The van der Waals surface area contributed by atoms with Gasteiger partial charge in [-0.1, -0.05) is 12.1 Å². The molecule has 0 saturated carbocycles.